The maximum atomic E-state index is 15.1. The van der Waals surface area contributed by atoms with Crippen molar-refractivity contribution in [2.24, 2.45) is 0 Å². The molecule has 2 aromatic heterocycles. The highest BCUT2D eigenvalue weighted by atomic mass is 19.1. The smallest absolute Gasteiger partial charge is 0.298 e. The van der Waals surface area contributed by atoms with E-state index in [0.29, 0.717) is 35.7 Å². The number of likely N-dealkylation sites (tertiary alicyclic amines) is 1. The molecule has 1 unspecified atom stereocenters. The Balaban J connectivity index is 1.38. The fourth-order valence-electron chi connectivity index (χ4n) is 4.66. The number of carbonyl (C=O) groups is 2. The molecule has 4 aromatic rings. The SMILES string of the molecule is CC#CC(=O)N1CCCCC1CNc1ncnc2[nH]cc(C(=O)c3ccc(Oc4ccccc4)cc3F)c12. The first kappa shape index (κ1) is 25.0. The summed E-state index contributed by atoms with van der Waals surface area (Å²) in [6, 6.07) is 13.1. The van der Waals surface area contributed by atoms with Gasteiger partial charge in [-0.15, -0.1) is 0 Å². The summed E-state index contributed by atoms with van der Waals surface area (Å²) >= 11 is 0. The van der Waals surface area contributed by atoms with Gasteiger partial charge in [-0.3, -0.25) is 9.59 Å². The van der Waals surface area contributed by atoms with Gasteiger partial charge in [0.25, 0.3) is 5.91 Å². The third-order valence-corrected chi connectivity index (χ3v) is 6.50. The average molecular weight is 512 g/mol. The Hall–Kier alpha value is -4.71. The molecule has 1 aliphatic rings. The number of ketones is 1. The van der Waals surface area contributed by atoms with Gasteiger partial charge in [-0.2, -0.15) is 0 Å². The number of hydrogen-bond acceptors (Lipinski definition) is 6. The number of amides is 1. The fourth-order valence-corrected chi connectivity index (χ4v) is 4.66. The molecule has 0 radical (unpaired) electrons. The molecule has 0 spiro atoms. The average Bonchev–Trinajstić information content (AvgIpc) is 3.37. The molecule has 3 heterocycles. The van der Waals surface area contributed by atoms with Gasteiger partial charge < -0.3 is 19.9 Å². The van der Waals surface area contributed by atoms with Crippen LogP contribution in [0.1, 0.15) is 42.1 Å². The molecule has 9 heteroatoms. The molecule has 2 N–H and O–H groups in total. The van der Waals surface area contributed by atoms with Crippen LogP contribution in [0.3, 0.4) is 0 Å². The molecular weight excluding hydrogens is 485 g/mol. The van der Waals surface area contributed by atoms with Crippen LogP contribution in [0.4, 0.5) is 10.2 Å². The van der Waals surface area contributed by atoms with Gasteiger partial charge >= 0.3 is 0 Å². The summed E-state index contributed by atoms with van der Waals surface area (Å²) in [5.74, 6) is 5.18. The fraction of sp³-hybridized carbons (Fsp3) is 0.241. The number of halogens is 1. The largest absolute Gasteiger partial charge is 0.457 e. The van der Waals surface area contributed by atoms with Crippen molar-refractivity contribution in [1.82, 2.24) is 19.9 Å². The van der Waals surface area contributed by atoms with Crippen molar-refractivity contribution in [1.29, 1.82) is 0 Å². The lowest BCUT2D eigenvalue weighted by Crippen LogP contribution is -2.46. The molecule has 1 atom stereocenters. The van der Waals surface area contributed by atoms with Crippen molar-refractivity contribution in [2.75, 3.05) is 18.4 Å². The second-order valence-corrected chi connectivity index (χ2v) is 8.94. The van der Waals surface area contributed by atoms with E-state index in [2.05, 4.69) is 32.1 Å². The third kappa shape index (κ3) is 5.20. The van der Waals surface area contributed by atoms with Crippen LogP contribution in [0, 0.1) is 17.7 Å². The zero-order chi connectivity index (χ0) is 26.5. The van der Waals surface area contributed by atoms with Crippen molar-refractivity contribution in [3.8, 4) is 23.3 Å². The predicted octanol–water partition coefficient (Wildman–Crippen LogP) is 4.94. The number of carbonyl (C=O) groups excluding carboxylic acids is 2. The molecule has 1 amide bonds. The van der Waals surface area contributed by atoms with Gasteiger partial charge in [-0.05, 0) is 56.4 Å². The van der Waals surface area contributed by atoms with Crippen molar-refractivity contribution in [3.63, 3.8) is 0 Å². The molecule has 0 aliphatic carbocycles. The molecule has 0 bridgehead atoms. The molecule has 38 heavy (non-hydrogen) atoms. The molecule has 192 valence electrons. The number of aromatic amines is 1. The summed E-state index contributed by atoms with van der Waals surface area (Å²) in [4.78, 5) is 39.2. The lowest BCUT2D eigenvalue weighted by Gasteiger charge is -2.34. The van der Waals surface area contributed by atoms with Gasteiger partial charge in [-0.25, -0.2) is 14.4 Å². The van der Waals surface area contributed by atoms with E-state index < -0.39 is 11.6 Å². The molecule has 1 aliphatic heterocycles. The van der Waals surface area contributed by atoms with Crippen molar-refractivity contribution in [2.45, 2.75) is 32.2 Å². The molecule has 0 saturated carbocycles. The van der Waals surface area contributed by atoms with Crippen molar-refractivity contribution >= 4 is 28.5 Å². The first-order valence-electron chi connectivity index (χ1n) is 12.4. The van der Waals surface area contributed by atoms with Crippen molar-refractivity contribution in [3.05, 3.63) is 78.0 Å². The number of para-hydroxylation sites is 1. The Morgan fingerprint density at radius 3 is 2.76 bits per heavy atom. The first-order chi connectivity index (χ1) is 18.5. The van der Waals surface area contributed by atoms with Crippen LogP contribution in [-0.4, -0.2) is 50.7 Å². The number of anilines is 1. The quantitative estimate of drug-likeness (QED) is 0.269. The minimum Gasteiger partial charge on any atom is -0.457 e. The zero-order valence-corrected chi connectivity index (χ0v) is 20.8. The highest BCUT2D eigenvalue weighted by molar-refractivity contribution is 6.18. The van der Waals surface area contributed by atoms with E-state index in [4.69, 9.17) is 4.74 Å². The zero-order valence-electron chi connectivity index (χ0n) is 20.8. The minimum atomic E-state index is -0.697. The molecule has 1 saturated heterocycles. The number of ether oxygens (including phenoxy) is 1. The number of H-pyrrole nitrogens is 1. The van der Waals surface area contributed by atoms with Crippen LogP contribution in [0.25, 0.3) is 11.0 Å². The minimum absolute atomic E-state index is 0.0604. The Morgan fingerprint density at radius 1 is 1.13 bits per heavy atom. The van der Waals surface area contributed by atoms with Crippen LogP contribution in [0.5, 0.6) is 11.5 Å². The topological polar surface area (TPSA) is 100 Å². The predicted molar refractivity (Wildman–Crippen MR) is 142 cm³/mol. The highest BCUT2D eigenvalue weighted by Gasteiger charge is 2.27. The number of fused-ring (bicyclic) bond motifs is 1. The molecule has 1 fully saturated rings. The van der Waals surface area contributed by atoms with Crippen LogP contribution in [-0.2, 0) is 4.79 Å². The second-order valence-electron chi connectivity index (χ2n) is 8.94. The Labute approximate surface area is 219 Å². The number of nitrogens with zero attached hydrogens (tertiary/aromatic N) is 3. The van der Waals surface area contributed by atoms with Gasteiger partial charge in [0.2, 0.25) is 0 Å². The van der Waals surface area contributed by atoms with Crippen LogP contribution < -0.4 is 10.1 Å². The van der Waals surface area contributed by atoms with Crippen LogP contribution in [0.2, 0.25) is 0 Å². The summed E-state index contributed by atoms with van der Waals surface area (Å²) in [5.41, 5.74) is 0.596. The Bertz CT molecular complexity index is 1540. The Morgan fingerprint density at radius 2 is 1.97 bits per heavy atom. The highest BCUT2D eigenvalue weighted by Crippen LogP contribution is 2.29. The summed E-state index contributed by atoms with van der Waals surface area (Å²) < 4.78 is 20.7. The molecule has 8 nitrogen and oxygen atoms in total. The van der Waals surface area contributed by atoms with E-state index in [1.807, 2.05) is 18.2 Å². The van der Waals surface area contributed by atoms with Gasteiger partial charge in [0.1, 0.15) is 35.1 Å². The van der Waals surface area contributed by atoms with E-state index in [0.717, 1.165) is 19.3 Å². The third-order valence-electron chi connectivity index (χ3n) is 6.50. The van der Waals surface area contributed by atoms with Gasteiger partial charge in [-0.1, -0.05) is 24.1 Å². The van der Waals surface area contributed by atoms with E-state index in [-0.39, 0.29) is 28.8 Å². The molecule has 2 aromatic carbocycles. The maximum absolute atomic E-state index is 15.1. The van der Waals surface area contributed by atoms with E-state index in [1.54, 1.807) is 30.0 Å². The monoisotopic (exact) mass is 511 g/mol. The summed E-state index contributed by atoms with van der Waals surface area (Å²) in [7, 11) is 0. The Kier molecular flexibility index (Phi) is 7.31. The van der Waals surface area contributed by atoms with Crippen LogP contribution in [0.15, 0.2) is 61.1 Å². The van der Waals surface area contributed by atoms with Crippen molar-refractivity contribution < 1.29 is 18.7 Å². The summed E-state index contributed by atoms with van der Waals surface area (Å²) in [6.07, 6.45) is 5.67. The number of nitrogens with one attached hydrogen (secondary N) is 2. The number of benzene rings is 2. The van der Waals surface area contributed by atoms with Gasteiger partial charge in [0.05, 0.1) is 16.5 Å². The number of rotatable bonds is 7. The molecular formula is C29H26FN5O3. The number of piperidine rings is 1. The lowest BCUT2D eigenvalue weighted by molar-refractivity contribution is -0.128. The standard InChI is InChI=1S/C29H26FN5O3/c1-2-8-25(36)35-14-7-6-9-19(35)16-31-28-26-23(17-32-29(26)34-18-33-28)27(37)22-13-12-21(15-24(22)30)38-20-10-4-3-5-11-20/h3-5,10-13,15,17-19H,6-7,9,14,16H2,1H3,(H2,31,32,33,34). The maximum Gasteiger partial charge on any atom is 0.298 e. The lowest BCUT2D eigenvalue weighted by atomic mass is 10.0. The molecule has 5 rings (SSSR count). The van der Waals surface area contributed by atoms with Gasteiger partial charge in [0, 0.05) is 31.4 Å². The van der Waals surface area contributed by atoms with Crippen LogP contribution >= 0.6 is 0 Å². The number of aromatic nitrogens is 3. The van der Waals surface area contributed by atoms with Gasteiger partial charge in [0.15, 0.2) is 5.78 Å². The normalized spacial score (nSPS) is 15.0. The summed E-state index contributed by atoms with van der Waals surface area (Å²) in [5, 5.41) is 3.75. The van der Waals surface area contributed by atoms with E-state index in [1.165, 1.54) is 24.7 Å². The second kappa shape index (κ2) is 11.1. The van der Waals surface area contributed by atoms with E-state index in [9.17, 15) is 9.59 Å². The first-order valence-corrected chi connectivity index (χ1v) is 12.4. The van der Waals surface area contributed by atoms with E-state index >= 15 is 4.39 Å². The summed E-state index contributed by atoms with van der Waals surface area (Å²) in [6.45, 7) is 2.72. The number of hydrogen-bond donors (Lipinski definition) is 2.